The maximum atomic E-state index is 13.0. The number of halogens is 2. The van der Waals surface area contributed by atoms with Crippen molar-refractivity contribution in [3.63, 3.8) is 0 Å². The molecule has 2 amide bonds. The molecule has 4 rings (SSSR count). The Morgan fingerprint density at radius 2 is 1.53 bits per heavy atom. The molecule has 1 heterocycles. The predicted octanol–water partition coefficient (Wildman–Crippen LogP) is 5.48. The van der Waals surface area contributed by atoms with Crippen LogP contribution in [0.15, 0.2) is 66.7 Å². The minimum Gasteiger partial charge on any atom is -0.322 e. The maximum Gasteiger partial charge on any atom is 0.258 e. The molecule has 1 aliphatic heterocycles. The SMILES string of the molecule is O=C(Nc1ccc(C(=O)N2CCC(=O)c3ccccc32)cc1)c1cc(Cl)cc(Cl)c1. The van der Waals surface area contributed by atoms with E-state index in [0.29, 0.717) is 51.1 Å². The second kappa shape index (κ2) is 8.30. The van der Waals surface area contributed by atoms with E-state index in [4.69, 9.17) is 23.2 Å². The van der Waals surface area contributed by atoms with Gasteiger partial charge in [0.25, 0.3) is 11.8 Å². The lowest BCUT2D eigenvalue weighted by molar-refractivity contribution is 0.0953. The minimum atomic E-state index is -0.359. The maximum absolute atomic E-state index is 13.0. The first-order chi connectivity index (χ1) is 14.4. The lowest BCUT2D eigenvalue weighted by Crippen LogP contribution is -2.37. The summed E-state index contributed by atoms with van der Waals surface area (Å²) in [5.41, 5.74) is 2.50. The fourth-order valence-electron chi connectivity index (χ4n) is 3.36. The highest BCUT2D eigenvalue weighted by Gasteiger charge is 2.27. The van der Waals surface area contributed by atoms with Gasteiger partial charge in [-0.3, -0.25) is 14.4 Å². The molecule has 0 bridgehead atoms. The summed E-state index contributed by atoms with van der Waals surface area (Å²) in [6.45, 7) is 0.336. The number of amides is 2. The molecule has 3 aromatic carbocycles. The zero-order chi connectivity index (χ0) is 21.3. The standard InChI is InChI=1S/C23H16Cl2N2O3/c24-16-11-15(12-17(25)13-16)22(29)26-18-7-5-14(6-8-18)23(30)27-10-9-21(28)19-3-1-2-4-20(19)27/h1-8,11-13H,9-10H2,(H,26,29). The van der Waals surface area contributed by atoms with Crippen LogP contribution in [0.25, 0.3) is 0 Å². The molecule has 5 nitrogen and oxygen atoms in total. The Labute approximate surface area is 183 Å². The molecule has 0 aromatic heterocycles. The quantitative estimate of drug-likeness (QED) is 0.588. The summed E-state index contributed by atoms with van der Waals surface area (Å²) in [6, 6.07) is 18.3. The number of Topliss-reactive ketones (excluding diaryl/α,β-unsaturated/α-hetero) is 1. The van der Waals surface area contributed by atoms with Gasteiger partial charge in [0.15, 0.2) is 5.78 Å². The molecule has 0 aliphatic carbocycles. The average molecular weight is 439 g/mol. The molecule has 0 fully saturated rings. The number of benzene rings is 3. The highest BCUT2D eigenvalue weighted by atomic mass is 35.5. The van der Waals surface area contributed by atoms with Crippen molar-refractivity contribution in [2.75, 3.05) is 16.8 Å². The van der Waals surface area contributed by atoms with Crippen molar-refractivity contribution < 1.29 is 14.4 Å². The normalized spacial score (nSPS) is 13.0. The van der Waals surface area contributed by atoms with Gasteiger partial charge in [0, 0.05) is 45.4 Å². The summed E-state index contributed by atoms with van der Waals surface area (Å²) in [5.74, 6) is -0.523. The van der Waals surface area contributed by atoms with Crippen LogP contribution in [-0.4, -0.2) is 24.1 Å². The van der Waals surface area contributed by atoms with E-state index in [-0.39, 0.29) is 17.6 Å². The first-order valence-corrected chi connectivity index (χ1v) is 9.99. The number of fused-ring (bicyclic) bond motifs is 1. The van der Waals surface area contributed by atoms with Crippen LogP contribution in [-0.2, 0) is 0 Å². The van der Waals surface area contributed by atoms with Crippen LogP contribution in [0.5, 0.6) is 0 Å². The van der Waals surface area contributed by atoms with E-state index < -0.39 is 0 Å². The largest absolute Gasteiger partial charge is 0.322 e. The van der Waals surface area contributed by atoms with Gasteiger partial charge in [0.2, 0.25) is 0 Å². The van der Waals surface area contributed by atoms with E-state index in [1.54, 1.807) is 59.5 Å². The zero-order valence-electron chi connectivity index (χ0n) is 15.7. The van der Waals surface area contributed by atoms with Crippen LogP contribution < -0.4 is 10.2 Å². The van der Waals surface area contributed by atoms with E-state index >= 15 is 0 Å². The molecule has 0 saturated carbocycles. The number of carbonyl (C=O) groups is 3. The number of hydrogen-bond donors (Lipinski definition) is 1. The van der Waals surface area contributed by atoms with Gasteiger partial charge >= 0.3 is 0 Å². The van der Waals surface area contributed by atoms with E-state index in [1.807, 2.05) is 0 Å². The van der Waals surface area contributed by atoms with Crippen molar-refractivity contribution in [2.24, 2.45) is 0 Å². The molecule has 30 heavy (non-hydrogen) atoms. The third kappa shape index (κ3) is 4.08. The van der Waals surface area contributed by atoms with Crippen LogP contribution in [0.4, 0.5) is 11.4 Å². The number of anilines is 2. The lowest BCUT2D eigenvalue weighted by Gasteiger charge is -2.28. The number of hydrogen-bond acceptors (Lipinski definition) is 3. The van der Waals surface area contributed by atoms with Gasteiger partial charge in [-0.2, -0.15) is 0 Å². The molecule has 0 spiro atoms. The third-order valence-corrected chi connectivity index (χ3v) is 5.25. The number of rotatable bonds is 3. The first kappa shape index (κ1) is 20.1. The number of carbonyl (C=O) groups excluding carboxylic acids is 3. The summed E-state index contributed by atoms with van der Waals surface area (Å²) in [6.07, 6.45) is 0.291. The van der Waals surface area contributed by atoms with E-state index in [1.165, 1.54) is 12.1 Å². The number of nitrogens with one attached hydrogen (secondary N) is 1. The predicted molar refractivity (Wildman–Crippen MR) is 118 cm³/mol. The van der Waals surface area contributed by atoms with Crippen LogP contribution in [0.1, 0.15) is 37.5 Å². The molecule has 0 atom stereocenters. The molecule has 0 radical (unpaired) electrons. The molecule has 0 unspecified atom stereocenters. The Morgan fingerprint density at radius 1 is 0.867 bits per heavy atom. The summed E-state index contributed by atoms with van der Waals surface area (Å²) < 4.78 is 0. The Kier molecular flexibility index (Phi) is 5.57. The average Bonchev–Trinajstić information content (AvgIpc) is 2.73. The van der Waals surface area contributed by atoms with Gasteiger partial charge < -0.3 is 10.2 Å². The summed E-state index contributed by atoms with van der Waals surface area (Å²) in [7, 11) is 0. The molecule has 7 heteroatoms. The minimum absolute atomic E-state index is 0.0360. The topological polar surface area (TPSA) is 66.5 Å². The smallest absolute Gasteiger partial charge is 0.258 e. The lowest BCUT2D eigenvalue weighted by atomic mass is 9.99. The van der Waals surface area contributed by atoms with Gasteiger partial charge in [-0.05, 0) is 54.6 Å². The van der Waals surface area contributed by atoms with Gasteiger partial charge in [-0.15, -0.1) is 0 Å². The Morgan fingerprint density at radius 3 is 2.23 bits per heavy atom. The van der Waals surface area contributed by atoms with E-state index in [9.17, 15) is 14.4 Å². The molecule has 0 saturated heterocycles. The summed E-state index contributed by atoms with van der Waals surface area (Å²) in [5, 5.41) is 3.49. The van der Waals surface area contributed by atoms with E-state index in [2.05, 4.69) is 5.32 Å². The second-order valence-corrected chi connectivity index (χ2v) is 7.71. The van der Waals surface area contributed by atoms with Gasteiger partial charge in [0.05, 0.1) is 5.69 Å². The Hall–Kier alpha value is -3.15. The molecular formula is C23H16Cl2N2O3. The Balaban J connectivity index is 1.51. The number of para-hydroxylation sites is 1. The summed E-state index contributed by atoms with van der Waals surface area (Å²) in [4.78, 5) is 39.1. The molecular weight excluding hydrogens is 423 g/mol. The van der Waals surface area contributed by atoms with Crippen molar-refractivity contribution in [3.05, 3.63) is 93.5 Å². The van der Waals surface area contributed by atoms with Gasteiger partial charge in [-0.1, -0.05) is 35.3 Å². The monoisotopic (exact) mass is 438 g/mol. The third-order valence-electron chi connectivity index (χ3n) is 4.82. The second-order valence-electron chi connectivity index (χ2n) is 6.84. The van der Waals surface area contributed by atoms with Crippen molar-refractivity contribution in [1.29, 1.82) is 0 Å². The Bertz CT molecular complexity index is 1140. The molecule has 150 valence electrons. The van der Waals surface area contributed by atoms with Crippen LogP contribution in [0.3, 0.4) is 0 Å². The van der Waals surface area contributed by atoms with Crippen LogP contribution in [0.2, 0.25) is 10.0 Å². The summed E-state index contributed by atoms with van der Waals surface area (Å²) >= 11 is 11.9. The number of nitrogens with zero attached hydrogens (tertiary/aromatic N) is 1. The molecule has 1 N–H and O–H groups in total. The van der Waals surface area contributed by atoms with Crippen molar-refractivity contribution in [3.8, 4) is 0 Å². The molecule has 3 aromatic rings. The van der Waals surface area contributed by atoms with Gasteiger partial charge in [-0.25, -0.2) is 0 Å². The van der Waals surface area contributed by atoms with Crippen LogP contribution >= 0.6 is 23.2 Å². The fourth-order valence-corrected chi connectivity index (χ4v) is 3.89. The molecule has 1 aliphatic rings. The van der Waals surface area contributed by atoms with Crippen molar-refractivity contribution >= 4 is 52.2 Å². The van der Waals surface area contributed by atoms with Crippen molar-refractivity contribution in [2.45, 2.75) is 6.42 Å². The highest BCUT2D eigenvalue weighted by molar-refractivity contribution is 6.35. The van der Waals surface area contributed by atoms with Gasteiger partial charge in [0.1, 0.15) is 0 Å². The number of ketones is 1. The van der Waals surface area contributed by atoms with Crippen molar-refractivity contribution in [1.82, 2.24) is 0 Å². The first-order valence-electron chi connectivity index (χ1n) is 9.24. The fraction of sp³-hybridized carbons (Fsp3) is 0.0870. The van der Waals surface area contributed by atoms with E-state index in [0.717, 1.165) is 0 Å². The zero-order valence-corrected chi connectivity index (χ0v) is 17.2. The van der Waals surface area contributed by atoms with Crippen LogP contribution in [0, 0.1) is 0 Å². The highest BCUT2D eigenvalue weighted by Crippen LogP contribution is 2.28.